The number of esters is 1. The molecule has 0 N–H and O–H groups in total. The van der Waals surface area contributed by atoms with Crippen LogP contribution in [-0.4, -0.2) is 42.5 Å². The summed E-state index contributed by atoms with van der Waals surface area (Å²) in [4.78, 5) is 35.7. The number of nitrogens with zero attached hydrogens (tertiary/aromatic N) is 2. The Bertz CT molecular complexity index is 853. The standard InChI is InChI=1S/C18H17ClN2O6/c1-20(10-12-3-6-14(19)7-4-12)17(22)11-27-16-8-5-13(18(23)26-2)9-15(16)21(24)25/h3-9H,10-11H2,1-2H3. The van der Waals surface area contributed by atoms with Crippen LogP contribution in [0.4, 0.5) is 5.69 Å². The van der Waals surface area contributed by atoms with E-state index in [9.17, 15) is 19.7 Å². The van der Waals surface area contributed by atoms with Crippen LogP contribution in [0.2, 0.25) is 5.02 Å². The fourth-order valence-corrected chi connectivity index (χ4v) is 2.35. The van der Waals surface area contributed by atoms with Crippen LogP contribution in [0.3, 0.4) is 0 Å². The molecule has 1 amide bonds. The molecule has 0 bridgehead atoms. The molecule has 0 aliphatic heterocycles. The van der Waals surface area contributed by atoms with Crippen LogP contribution in [0.5, 0.6) is 5.75 Å². The predicted octanol–water partition coefficient (Wildman–Crippen LogP) is 3.07. The minimum Gasteiger partial charge on any atom is -0.477 e. The number of nitro groups is 1. The number of halogens is 1. The van der Waals surface area contributed by atoms with Crippen molar-refractivity contribution in [3.63, 3.8) is 0 Å². The third kappa shape index (κ3) is 5.42. The molecular weight excluding hydrogens is 376 g/mol. The number of carbonyl (C=O) groups is 2. The number of benzene rings is 2. The van der Waals surface area contributed by atoms with Gasteiger partial charge in [0, 0.05) is 24.7 Å². The molecule has 27 heavy (non-hydrogen) atoms. The summed E-state index contributed by atoms with van der Waals surface area (Å²) >= 11 is 5.82. The second-order valence-corrected chi connectivity index (χ2v) is 6.03. The maximum absolute atomic E-state index is 12.2. The van der Waals surface area contributed by atoms with Crippen molar-refractivity contribution in [1.29, 1.82) is 0 Å². The first-order chi connectivity index (χ1) is 12.8. The van der Waals surface area contributed by atoms with Crippen LogP contribution in [0.1, 0.15) is 15.9 Å². The van der Waals surface area contributed by atoms with E-state index < -0.39 is 16.6 Å². The van der Waals surface area contributed by atoms with Crippen molar-refractivity contribution < 1.29 is 24.0 Å². The smallest absolute Gasteiger partial charge is 0.338 e. The van der Waals surface area contributed by atoms with Crippen molar-refractivity contribution >= 4 is 29.2 Å². The lowest BCUT2D eigenvalue weighted by molar-refractivity contribution is -0.385. The van der Waals surface area contributed by atoms with E-state index >= 15 is 0 Å². The number of rotatable bonds is 7. The summed E-state index contributed by atoms with van der Waals surface area (Å²) in [5.41, 5.74) is 0.470. The summed E-state index contributed by atoms with van der Waals surface area (Å²) in [6.45, 7) is -0.0504. The van der Waals surface area contributed by atoms with Crippen LogP contribution in [0, 0.1) is 10.1 Å². The summed E-state index contributed by atoms with van der Waals surface area (Å²) in [5, 5.41) is 11.8. The number of methoxy groups -OCH3 is 1. The maximum Gasteiger partial charge on any atom is 0.338 e. The van der Waals surface area contributed by atoms with E-state index in [1.165, 1.54) is 24.1 Å². The lowest BCUT2D eigenvalue weighted by Crippen LogP contribution is -2.31. The first-order valence-corrected chi connectivity index (χ1v) is 8.17. The van der Waals surface area contributed by atoms with Gasteiger partial charge < -0.3 is 14.4 Å². The normalized spacial score (nSPS) is 10.2. The van der Waals surface area contributed by atoms with Crippen LogP contribution in [0.25, 0.3) is 0 Å². The molecule has 0 heterocycles. The lowest BCUT2D eigenvalue weighted by atomic mass is 10.2. The van der Waals surface area contributed by atoms with Crippen LogP contribution >= 0.6 is 11.6 Å². The second kappa shape index (κ2) is 9.00. The van der Waals surface area contributed by atoms with Gasteiger partial charge in [-0.2, -0.15) is 0 Å². The Hall–Kier alpha value is -3.13. The van der Waals surface area contributed by atoms with Crippen molar-refractivity contribution in [2.45, 2.75) is 6.54 Å². The maximum atomic E-state index is 12.2. The first kappa shape index (κ1) is 20.2. The zero-order valence-electron chi connectivity index (χ0n) is 14.7. The number of carbonyl (C=O) groups excluding carboxylic acids is 2. The van der Waals surface area contributed by atoms with E-state index in [0.29, 0.717) is 11.6 Å². The van der Waals surface area contributed by atoms with Crippen molar-refractivity contribution in [3.05, 3.63) is 68.7 Å². The SMILES string of the molecule is COC(=O)c1ccc(OCC(=O)N(C)Cc2ccc(Cl)cc2)c([N+](=O)[O-])c1. The molecule has 142 valence electrons. The third-order valence-corrected chi connectivity index (χ3v) is 3.94. The second-order valence-electron chi connectivity index (χ2n) is 5.60. The van der Waals surface area contributed by atoms with E-state index in [0.717, 1.165) is 11.6 Å². The molecule has 2 aromatic carbocycles. The van der Waals surface area contributed by atoms with Gasteiger partial charge in [0.15, 0.2) is 12.4 Å². The molecule has 0 spiro atoms. The fraction of sp³-hybridized carbons (Fsp3) is 0.222. The van der Waals surface area contributed by atoms with Crippen molar-refractivity contribution in [2.24, 2.45) is 0 Å². The molecule has 0 aromatic heterocycles. The molecule has 0 fully saturated rings. The topological polar surface area (TPSA) is 99.0 Å². The molecule has 0 radical (unpaired) electrons. The molecule has 0 aliphatic carbocycles. The number of likely N-dealkylation sites (N-methyl/N-ethyl adjacent to an activating group) is 1. The van der Waals surface area contributed by atoms with Gasteiger partial charge in [0.2, 0.25) is 0 Å². The van der Waals surface area contributed by atoms with E-state index in [2.05, 4.69) is 4.74 Å². The molecule has 2 rings (SSSR count). The highest BCUT2D eigenvalue weighted by Gasteiger charge is 2.20. The molecular formula is C18H17ClN2O6. The number of hydrogen-bond acceptors (Lipinski definition) is 6. The fourth-order valence-electron chi connectivity index (χ4n) is 2.23. The van der Waals surface area contributed by atoms with Crippen LogP contribution in [-0.2, 0) is 16.1 Å². The number of hydrogen-bond donors (Lipinski definition) is 0. The Labute approximate surface area is 160 Å². The molecule has 0 saturated carbocycles. The highest BCUT2D eigenvalue weighted by Crippen LogP contribution is 2.28. The van der Waals surface area contributed by atoms with Gasteiger partial charge in [0.05, 0.1) is 17.6 Å². The Morgan fingerprint density at radius 1 is 1.19 bits per heavy atom. The quantitative estimate of drug-likeness (QED) is 0.408. The monoisotopic (exact) mass is 392 g/mol. The number of ether oxygens (including phenoxy) is 2. The highest BCUT2D eigenvalue weighted by atomic mass is 35.5. The third-order valence-electron chi connectivity index (χ3n) is 3.69. The molecule has 0 unspecified atom stereocenters. The van der Waals surface area contributed by atoms with Crippen LogP contribution in [0.15, 0.2) is 42.5 Å². The summed E-state index contributed by atoms with van der Waals surface area (Å²) < 4.78 is 9.83. The summed E-state index contributed by atoms with van der Waals surface area (Å²) in [6, 6.07) is 10.7. The van der Waals surface area contributed by atoms with Crippen LogP contribution < -0.4 is 4.74 Å². The minimum absolute atomic E-state index is 0.0164. The number of nitro benzene ring substituents is 1. The zero-order chi connectivity index (χ0) is 20.0. The van der Waals surface area contributed by atoms with Gasteiger partial charge in [0.1, 0.15) is 0 Å². The van der Waals surface area contributed by atoms with Gasteiger partial charge in [-0.1, -0.05) is 23.7 Å². The molecule has 0 atom stereocenters. The van der Waals surface area contributed by atoms with Gasteiger partial charge in [-0.05, 0) is 29.8 Å². The lowest BCUT2D eigenvalue weighted by Gasteiger charge is -2.17. The zero-order valence-corrected chi connectivity index (χ0v) is 15.4. The molecule has 9 heteroatoms. The van der Waals surface area contributed by atoms with Crippen molar-refractivity contribution in [1.82, 2.24) is 4.90 Å². The average molecular weight is 393 g/mol. The van der Waals surface area contributed by atoms with Crippen molar-refractivity contribution in [2.75, 3.05) is 20.8 Å². The van der Waals surface area contributed by atoms with Crippen molar-refractivity contribution in [3.8, 4) is 5.75 Å². The average Bonchev–Trinajstić information content (AvgIpc) is 2.66. The Balaban J connectivity index is 2.04. The molecule has 8 nitrogen and oxygen atoms in total. The Morgan fingerprint density at radius 3 is 2.44 bits per heavy atom. The van der Waals surface area contributed by atoms with E-state index in [1.54, 1.807) is 31.3 Å². The molecule has 0 aliphatic rings. The number of amides is 1. The first-order valence-electron chi connectivity index (χ1n) is 7.79. The van der Waals surface area contributed by atoms with E-state index in [-0.39, 0.29) is 23.8 Å². The summed E-state index contributed by atoms with van der Waals surface area (Å²) in [6.07, 6.45) is 0. The van der Waals surface area contributed by atoms with E-state index in [4.69, 9.17) is 16.3 Å². The summed E-state index contributed by atoms with van der Waals surface area (Å²) in [7, 11) is 2.77. The molecule has 2 aromatic rings. The van der Waals surface area contributed by atoms with Gasteiger partial charge in [-0.15, -0.1) is 0 Å². The molecule has 0 saturated heterocycles. The van der Waals surface area contributed by atoms with Gasteiger partial charge in [0.25, 0.3) is 5.91 Å². The largest absolute Gasteiger partial charge is 0.477 e. The Kier molecular flexibility index (Phi) is 6.73. The summed E-state index contributed by atoms with van der Waals surface area (Å²) in [5.74, 6) is -1.18. The Morgan fingerprint density at radius 2 is 1.85 bits per heavy atom. The van der Waals surface area contributed by atoms with Gasteiger partial charge >= 0.3 is 11.7 Å². The van der Waals surface area contributed by atoms with E-state index in [1.807, 2.05) is 0 Å². The minimum atomic E-state index is -0.705. The predicted molar refractivity (Wildman–Crippen MR) is 97.9 cm³/mol. The van der Waals surface area contributed by atoms with Gasteiger partial charge in [-0.25, -0.2) is 4.79 Å². The van der Waals surface area contributed by atoms with Gasteiger partial charge in [-0.3, -0.25) is 14.9 Å². The highest BCUT2D eigenvalue weighted by molar-refractivity contribution is 6.30.